The van der Waals surface area contributed by atoms with E-state index >= 15 is 0 Å². The topological polar surface area (TPSA) is 75.4 Å². The molecular formula is C13H16BN3O2. The largest absolute Gasteiger partial charge is 0.368 e. The summed E-state index contributed by atoms with van der Waals surface area (Å²) in [5.41, 5.74) is 8.55. The number of carbonyl (C=O) groups excluding carboxylic acids is 2. The summed E-state index contributed by atoms with van der Waals surface area (Å²) in [6.07, 6.45) is 2.11. The maximum absolute atomic E-state index is 12.6. The summed E-state index contributed by atoms with van der Waals surface area (Å²) in [6.45, 7) is 0. The molecule has 2 amide bonds. The Morgan fingerprint density at radius 1 is 1.42 bits per heavy atom. The predicted octanol–water partition coefficient (Wildman–Crippen LogP) is -1.12. The highest BCUT2D eigenvalue weighted by Crippen LogP contribution is 2.38. The van der Waals surface area contributed by atoms with Gasteiger partial charge in [0.1, 0.15) is 6.04 Å². The SMILES string of the molecule is BN[C@H]1CCc2cccc3c2N(C1=O)[C@H](C(N)=O)C3. The zero-order chi connectivity index (χ0) is 13.6. The van der Waals surface area contributed by atoms with Crippen molar-refractivity contribution in [3.8, 4) is 0 Å². The Bertz CT molecular complexity index is 561. The van der Waals surface area contributed by atoms with Crippen LogP contribution in [0.25, 0.3) is 0 Å². The molecule has 2 atom stereocenters. The third kappa shape index (κ3) is 1.75. The Morgan fingerprint density at radius 2 is 2.16 bits per heavy atom. The van der Waals surface area contributed by atoms with Gasteiger partial charge >= 0.3 is 0 Å². The molecule has 0 fully saturated rings. The van der Waals surface area contributed by atoms with E-state index in [1.54, 1.807) is 12.9 Å². The smallest absolute Gasteiger partial charge is 0.243 e. The lowest BCUT2D eigenvalue weighted by molar-refractivity contribution is -0.125. The zero-order valence-electron chi connectivity index (χ0n) is 10.8. The molecule has 0 bridgehead atoms. The van der Waals surface area contributed by atoms with Crippen molar-refractivity contribution in [3.63, 3.8) is 0 Å². The van der Waals surface area contributed by atoms with Crippen LogP contribution in [-0.4, -0.2) is 31.9 Å². The second-order valence-corrected chi connectivity index (χ2v) is 5.14. The van der Waals surface area contributed by atoms with Crippen molar-refractivity contribution in [2.75, 3.05) is 4.90 Å². The van der Waals surface area contributed by atoms with E-state index in [4.69, 9.17) is 5.73 Å². The van der Waals surface area contributed by atoms with E-state index in [0.717, 1.165) is 29.7 Å². The number of anilines is 1. The minimum atomic E-state index is -0.544. The lowest BCUT2D eigenvalue weighted by atomic mass is 10.0. The first-order chi connectivity index (χ1) is 9.13. The van der Waals surface area contributed by atoms with Crippen LogP contribution in [0.2, 0.25) is 0 Å². The Balaban J connectivity index is 2.14. The van der Waals surface area contributed by atoms with Crippen molar-refractivity contribution in [1.29, 1.82) is 0 Å². The van der Waals surface area contributed by atoms with Crippen LogP contribution in [0.1, 0.15) is 17.5 Å². The van der Waals surface area contributed by atoms with E-state index in [0.29, 0.717) is 6.42 Å². The molecule has 0 aromatic heterocycles. The summed E-state index contributed by atoms with van der Waals surface area (Å²) in [6, 6.07) is 5.19. The van der Waals surface area contributed by atoms with Crippen LogP contribution < -0.4 is 15.9 Å². The number of para-hydroxylation sites is 1. The molecule has 3 rings (SSSR count). The maximum Gasteiger partial charge on any atom is 0.243 e. The number of nitrogens with zero attached hydrogens (tertiary/aromatic N) is 1. The van der Waals surface area contributed by atoms with Gasteiger partial charge in [-0.2, -0.15) is 0 Å². The Kier molecular flexibility index (Phi) is 2.82. The number of nitrogens with one attached hydrogen (secondary N) is 1. The van der Waals surface area contributed by atoms with Crippen LogP contribution in [0.15, 0.2) is 18.2 Å². The Hall–Kier alpha value is -1.82. The first kappa shape index (κ1) is 12.2. The molecule has 0 radical (unpaired) electrons. The van der Waals surface area contributed by atoms with Crippen LogP contribution in [0.5, 0.6) is 0 Å². The first-order valence-electron chi connectivity index (χ1n) is 6.54. The second-order valence-electron chi connectivity index (χ2n) is 5.14. The molecule has 0 saturated carbocycles. The van der Waals surface area contributed by atoms with Gasteiger partial charge in [-0.25, -0.2) is 0 Å². The highest BCUT2D eigenvalue weighted by atomic mass is 16.2. The van der Waals surface area contributed by atoms with Crippen LogP contribution in [-0.2, 0) is 22.4 Å². The molecule has 98 valence electrons. The van der Waals surface area contributed by atoms with Crippen molar-refractivity contribution in [2.45, 2.75) is 31.3 Å². The van der Waals surface area contributed by atoms with Crippen LogP contribution >= 0.6 is 0 Å². The molecule has 0 spiro atoms. The summed E-state index contributed by atoms with van der Waals surface area (Å²) >= 11 is 0. The molecule has 2 heterocycles. The monoisotopic (exact) mass is 257 g/mol. The predicted molar refractivity (Wildman–Crippen MR) is 74.4 cm³/mol. The summed E-state index contributed by atoms with van der Waals surface area (Å²) in [5, 5.41) is 3.03. The van der Waals surface area contributed by atoms with Crippen molar-refractivity contribution in [3.05, 3.63) is 29.3 Å². The summed E-state index contributed by atoms with van der Waals surface area (Å²) in [4.78, 5) is 25.8. The quantitative estimate of drug-likeness (QED) is 0.659. The second kappa shape index (κ2) is 4.38. The van der Waals surface area contributed by atoms with E-state index in [-0.39, 0.29) is 11.9 Å². The van der Waals surface area contributed by atoms with Crippen molar-refractivity contribution in [2.24, 2.45) is 5.73 Å². The number of nitrogens with two attached hydrogens (primary N) is 1. The fourth-order valence-corrected chi connectivity index (χ4v) is 3.13. The number of benzene rings is 1. The minimum absolute atomic E-state index is 0.0463. The lowest BCUT2D eigenvalue weighted by Crippen LogP contribution is -2.52. The normalized spacial score (nSPS) is 25.1. The van der Waals surface area contributed by atoms with Gasteiger partial charge < -0.3 is 11.0 Å². The third-order valence-corrected chi connectivity index (χ3v) is 4.08. The molecule has 2 aliphatic rings. The third-order valence-electron chi connectivity index (χ3n) is 4.08. The van der Waals surface area contributed by atoms with Gasteiger partial charge in [0.05, 0.1) is 11.7 Å². The Labute approximate surface area is 112 Å². The average molecular weight is 257 g/mol. The summed E-state index contributed by atoms with van der Waals surface area (Å²) in [7, 11) is 1.77. The number of hydrogen-bond donors (Lipinski definition) is 2. The molecule has 3 N–H and O–H groups in total. The van der Waals surface area contributed by atoms with Crippen LogP contribution in [0.4, 0.5) is 5.69 Å². The molecule has 0 saturated heterocycles. The number of aryl methyl sites for hydroxylation is 1. The number of amides is 2. The molecule has 19 heavy (non-hydrogen) atoms. The van der Waals surface area contributed by atoms with E-state index in [2.05, 4.69) is 5.23 Å². The van der Waals surface area contributed by atoms with Gasteiger partial charge in [0.15, 0.2) is 7.98 Å². The number of rotatable bonds is 2. The zero-order valence-corrected chi connectivity index (χ0v) is 10.8. The molecule has 1 aromatic rings. The van der Waals surface area contributed by atoms with Gasteiger partial charge in [0.2, 0.25) is 11.8 Å². The molecule has 0 unspecified atom stereocenters. The minimum Gasteiger partial charge on any atom is -0.368 e. The number of primary amides is 1. The Morgan fingerprint density at radius 3 is 2.84 bits per heavy atom. The molecule has 1 aromatic carbocycles. The summed E-state index contributed by atoms with van der Waals surface area (Å²) < 4.78 is 0. The number of carbonyl (C=O) groups is 2. The van der Waals surface area contributed by atoms with E-state index in [1.165, 1.54) is 0 Å². The standard InChI is InChI=1S/C13H16BN3O2/c14-16-9-5-4-7-2-1-3-8-6-10(12(15)18)17(11(7)8)13(9)19/h1-3,9-10,16H,4-6,14H2,(H2,15,18)/t9-,10-/m0/s1. The van der Waals surface area contributed by atoms with Gasteiger partial charge in [0, 0.05) is 6.42 Å². The van der Waals surface area contributed by atoms with Crippen LogP contribution in [0.3, 0.4) is 0 Å². The first-order valence-corrected chi connectivity index (χ1v) is 6.54. The molecular weight excluding hydrogens is 241 g/mol. The van der Waals surface area contributed by atoms with E-state index in [1.807, 2.05) is 18.2 Å². The van der Waals surface area contributed by atoms with E-state index in [9.17, 15) is 9.59 Å². The van der Waals surface area contributed by atoms with Crippen molar-refractivity contribution < 1.29 is 9.59 Å². The van der Waals surface area contributed by atoms with Gasteiger partial charge in [-0.1, -0.05) is 18.2 Å². The molecule has 6 heteroatoms. The van der Waals surface area contributed by atoms with Gasteiger partial charge in [-0.3, -0.25) is 14.5 Å². The van der Waals surface area contributed by atoms with Gasteiger partial charge in [-0.15, -0.1) is 0 Å². The molecule has 2 aliphatic heterocycles. The molecule has 5 nitrogen and oxygen atoms in total. The average Bonchev–Trinajstić information content (AvgIpc) is 2.72. The maximum atomic E-state index is 12.6. The van der Waals surface area contributed by atoms with E-state index < -0.39 is 11.9 Å². The van der Waals surface area contributed by atoms with Crippen molar-refractivity contribution >= 4 is 25.5 Å². The fourth-order valence-electron chi connectivity index (χ4n) is 3.13. The summed E-state index contributed by atoms with van der Waals surface area (Å²) in [5.74, 6) is -0.484. The van der Waals surface area contributed by atoms with Gasteiger partial charge in [0.25, 0.3) is 0 Å². The molecule has 0 aliphatic carbocycles. The van der Waals surface area contributed by atoms with Gasteiger partial charge in [-0.05, 0) is 24.0 Å². The highest BCUT2D eigenvalue weighted by Gasteiger charge is 2.42. The highest BCUT2D eigenvalue weighted by molar-refractivity contribution is 6.11. The number of hydrogen-bond acceptors (Lipinski definition) is 3. The van der Waals surface area contributed by atoms with Crippen LogP contribution in [0, 0.1) is 0 Å². The fraction of sp³-hybridized carbons (Fsp3) is 0.385. The lowest BCUT2D eigenvalue weighted by Gasteiger charge is -2.26. The van der Waals surface area contributed by atoms with Crippen molar-refractivity contribution in [1.82, 2.24) is 5.23 Å².